The molecule has 1 amide bonds. The van der Waals surface area contributed by atoms with Crippen LogP contribution in [0.2, 0.25) is 0 Å². The molecule has 0 bridgehead atoms. The summed E-state index contributed by atoms with van der Waals surface area (Å²) in [6.45, 7) is 6.27. The molecule has 0 aliphatic heterocycles. The van der Waals surface area contributed by atoms with Gasteiger partial charge in [0.2, 0.25) is 0 Å². The summed E-state index contributed by atoms with van der Waals surface area (Å²) >= 11 is 1.39. The molecule has 0 spiro atoms. The lowest BCUT2D eigenvalue weighted by atomic mass is 9.86. The number of fused-ring (bicyclic) bond motifs is 1. The van der Waals surface area contributed by atoms with Crippen LogP contribution < -0.4 is 11.1 Å². The summed E-state index contributed by atoms with van der Waals surface area (Å²) < 4.78 is 0. The van der Waals surface area contributed by atoms with Crippen LogP contribution in [0.15, 0.2) is 29.9 Å². The molecule has 31 heavy (non-hydrogen) atoms. The van der Waals surface area contributed by atoms with Crippen LogP contribution in [0.1, 0.15) is 71.8 Å². The van der Waals surface area contributed by atoms with Gasteiger partial charge in [-0.25, -0.2) is 15.0 Å². The zero-order valence-corrected chi connectivity index (χ0v) is 18.7. The minimum atomic E-state index is -0.128. The van der Waals surface area contributed by atoms with Gasteiger partial charge >= 0.3 is 0 Å². The van der Waals surface area contributed by atoms with E-state index in [1.54, 1.807) is 0 Å². The van der Waals surface area contributed by atoms with Gasteiger partial charge in [-0.2, -0.15) is 0 Å². The summed E-state index contributed by atoms with van der Waals surface area (Å²) in [5, 5.41) is 13.3. The number of anilines is 1. The van der Waals surface area contributed by atoms with Crippen molar-refractivity contribution in [2.75, 3.05) is 5.73 Å². The van der Waals surface area contributed by atoms with Crippen LogP contribution in [-0.4, -0.2) is 27.1 Å². The Balaban J connectivity index is 1.59. The number of carbonyl (C=O) groups excluding carboxylic acids is 1. The van der Waals surface area contributed by atoms with Crippen LogP contribution in [0.4, 0.5) is 5.82 Å². The van der Waals surface area contributed by atoms with Gasteiger partial charge in [0.15, 0.2) is 5.01 Å². The second-order valence-corrected chi connectivity index (χ2v) is 9.64. The van der Waals surface area contributed by atoms with Gasteiger partial charge in [0, 0.05) is 22.6 Å². The van der Waals surface area contributed by atoms with Crippen LogP contribution in [0, 0.1) is 5.41 Å². The third kappa shape index (κ3) is 4.20. The second kappa shape index (κ2) is 8.19. The maximum Gasteiger partial charge on any atom is 0.280 e. The molecule has 3 aromatic rings. The van der Waals surface area contributed by atoms with E-state index < -0.39 is 0 Å². The largest absolute Gasteiger partial charge is 0.383 e. The van der Waals surface area contributed by atoms with Crippen molar-refractivity contribution in [2.45, 2.75) is 51.5 Å². The Morgan fingerprint density at radius 3 is 2.84 bits per heavy atom. The van der Waals surface area contributed by atoms with E-state index in [0.717, 1.165) is 36.1 Å². The first-order chi connectivity index (χ1) is 14.8. The number of aryl methyl sites for hydroxylation is 1. The summed E-state index contributed by atoms with van der Waals surface area (Å²) in [6.07, 6.45) is 5.41. The highest BCUT2D eigenvalue weighted by atomic mass is 32.1. The molecule has 160 valence electrons. The SMILES string of the molecule is CC(C)(C)c1csc(C(=O)NC2CCCc3cc(-c4ncnc(N)c4C=N)ccc32)n1. The molecule has 4 rings (SSSR count). The Hall–Kier alpha value is -3.13. The molecular formula is C23H26N6OS. The van der Waals surface area contributed by atoms with E-state index in [2.05, 4.69) is 47.1 Å². The number of rotatable bonds is 4. The van der Waals surface area contributed by atoms with E-state index in [1.807, 2.05) is 17.5 Å². The molecule has 4 N–H and O–H groups in total. The van der Waals surface area contributed by atoms with Gasteiger partial charge in [-0.15, -0.1) is 11.3 Å². The predicted molar refractivity (Wildman–Crippen MR) is 124 cm³/mol. The molecule has 1 aromatic carbocycles. The molecule has 2 heterocycles. The van der Waals surface area contributed by atoms with Gasteiger partial charge in [0.1, 0.15) is 12.1 Å². The Morgan fingerprint density at radius 2 is 2.13 bits per heavy atom. The van der Waals surface area contributed by atoms with Crippen molar-refractivity contribution in [3.63, 3.8) is 0 Å². The Kier molecular flexibility index (Phi) is 5.58. The fourth-order valence-corrected chi connectivity index (χ4v) is 4.78. The number of hydrogen-bond donors (Lipinski definition) is 3. The minimum absolute atomic E-state index is 0.0510. The van der Waals surface area contributed by atoms with E-state index in [4.69, 9.17) is 11.1 Å². The van der Waals surface area contributed by atoms with E-state index in [0.29, 0.717) is 22.1 Å². The van der Waals surface area contributed by atoms with Crippen LogP contribution >= 0.6 is 11.3 Å². The highest BCUT2D eigenvalue weighted by Gasteiger charge is 2.25. The molecule has 0 saturated heterocycles. The maximum absolute atomic E-state index is 12.9. The summed E-state index contributed by atoms with van der Waals surface area (Å²) in [5.74, 6) is 0.165. The number of benzene rings is 1. The fourth-order valence-electron chi connectivity index (χ4n) is 3.84. The van der Waals surface area contributed by atoms with E-state index in [1.165, 1.54) is 29.4 Å². The number of amides is 1. The Labute approximate surface area is 185 Å². The number of nitrogens with one attached hydrogen (secondary N) is 2. The molecule has 1 unspecified atom stereocenters. The van der Waals surface area contributed by atoms with E-state index in [9.17, 15) is 4.79 Å². The molecule has 7 nitrogen and oxygen atoms in total. The van der Waals surface area contributed by atoms with Crippen LogP contribution in [0.3, 0.4) is 0 Å². The molecule has 0 saturated carbocycles. The number of nitrogen functional groups attached to an aromatic ring is 1. The smallest absolute Gasteiger partial charge is 0.280 e. The molecule has 1 aliphatic rings. The van der Waals surface area contributed by atoms with Crippen LogP contribution in [0.25, 0.3) is 11.3 Å². The zero-order chi connectivity index (χ0) is 22.2. The Morgan fingerprint density at radius 1 is 1.32 bits per heavy atom. The van der Waals surface area contributed by atoms with E-state index in [-0.39, 0.29) is 17.4 Å². The molecule has 8 heteroatoms. The molecule has 1 atom stereocenters. The molecule has 0 radical (unpaired) electrons. The molecule has 0 fully saturated rings. The topological polar surface area (TPSA) is 118 Å². The number of hydrogen-bond acceptors (Lipinski definition) is 7. The standard InChI is InChI=1S/C23H26N6OS/c1-23(2,3)18-11-31-22(29-18)21(30)28-17-6-4-5-13-9-14(7-8-15(13)17)19-16(10-24)20(25)27-12-26-19/h7-12,17,24H,4-6H2,1-3H3,(H,28,30)(H2,25,26,27). The van der Waals surface area contributed by atoms with Crippen molar-refractivity contribution in [3.8, 4) is 11.3 Å². The fraction of sp³-hybridized carbons (Fsp3) is 0.348. The van der Waals surface area contributed by atoms with Gasteiger partial charge in [-0.1, -0.05) is 32.9 Å². The lowest BCUT2D eigenvalue weighted by Crippen LogP contribution is -2.31. The van der Waals surface area contributed by atoms with Gasteiger partial charge in [0.25, 0.3) is 5.91 Å². The maximum atomic E-state index is 12.9. The van der Waals surface area contributed by atoms with Crippen LogP contribution in [0.5, 0.6) is 0 Å². The average molecular weight is 435 g/mol. The minimum Gasteiger partial charge on any atom is -0.383 e. The van der Waals surface area contributed by atoms with Gasteiger partial charge in [0.05, 0.1) is 23.0 Å². The lowest BCUT2D eigenvalue weighted by molar-refractivity contribution is 0.0932. The predicted octanol–water partition coefficient (Wildman–Crippen LogP) is 4.28. The summed E-state index contributed by atoms with van der Waals surface area (Å²) in [4.78, 5) is 25.7. The second-order valence-electron chi connectivity index (χ2n) is 8.79. The normalized spacial score (nSPS) is 15.9. The van der Waals surface area contributed by atoms with Crippen molar-refractivity contribution in [1.29, 1.82) is 5.41 Å². The van der Waals surface area contributed by atoms with Gasteiger partial charge in [-0.05, 0) is 36.5 Å². The first kappa shape index (κ1) is 21.1. The monoisotopic (exact) mass is 434 g/mol. The number of aromatic nitrogens is 3. The van der Waals surface area contributed by atoms with Crippen molar-refractivity contribution in [3.05, 3.63) is 57.3 Å². The third-order valence-electron chi connectivity index (χ3n) is 5.56. The number of nitrogens with zero attached hydrogens (tertiary/aromatic N) is 3. The summed E-state index contributed by atoms with van der Waals surface area (Å²) in [7, 11) is 0. The highest BCUT2D eigenvalue weighted by molar-refractivity contribution is 7.11. The van der Waals surface area contributed by atoms with Crippen molar-refractivity contribution < 1.29 is 4.79 Å². The quantitative estimate of drug-likeness (QED) is 0.530. The van der Waals surface area contributed by atoms with Crippen molar-refractivity contribution in [1.82, 2.24) is 20.3 Å². The molecule has 1 aliphatic carbocycles. The highest BCUT2D eigenvalue weighted by Crippen LogP contribution is 2.34. The first-order valence-electron chi connectivity index (χ1n) is 10.3. The number of carbonyl (C=O) groups is 1. The Bertz CT molecular complexity index is 1150. The summed E-state index contributed by atoms with van der Waals surface area (Å²) in [6, 6.07) is 6.05. The lowest BCUT2D eigenvalue weighted by Gasteiger charge is -2.26. The average Bonchev–Trinajstić information content (AvgIpc) is 3.24. The molecular weight excluding hydrogens is 408 g/mol. The zero-order valence-electron chi connectivity index (χ0n) is 17.9. The van der Waals surface area contributed by atoms with Gasteiger partial charge < -0.3 is 16.5 Å². The number of nitrogens with two attached hydrogens (primary N) is 1. The van der Waals surface area contributed by atoms with Gasteiger partial charge in [-0.3, -0.25) is 4.79 Å². The van der Waals surface area contributed by atoms with Crippen molar-refractivity contribution >= 4 is 29.3 Å². The van der Waals surface area contributed by atoms with Crippen molar-refractivity contribution in [2.24, 2.45) is 0 Å². The summed E-state index contributed by atoms with van der Waals surface area (Å²) in [5.41, 5.74) is 11.1. The molecule has 2 aromatic heterocycles. The van der Waals surface area contributed by atoms with E-state index >= 15 is 0 Å². The van der Waals surface area contributed by atoms with Crippen LogP contribution in [-0.2, 0) is 11.8 Å². The number of thiazole rings is 1. The third-order valence-corrected chi connectivity index (χ3v) is 6.40. The first-order valence-corrected chi connectivity index (χ1v) is 11.2.